The zero-order chi connectivity index (χ0) is 13.3. The Bertz CT molecular complexity index is 468. The Morgan fingerprint density at radius 3 is 2.72 bits per heavy atom. The van der Waals surface area contributed by atoms with Crippen LogP contribution in [0.25, 0.3) is 0 Å². The number of aromatic nitrogens is 3. The smallest absolute Gasteiger partial charge is 0.247 e. The number of likely N-dealkylation sites (tertiary alicyclic amines) is 1. The summed E-state index contributed by atoms with van der Waals surface area (Å²) in [6, 6.07) is -0.539. The predicted octanol–water partition coefficient (Wildman–Crippen LogP) is -0.559. The molecule has 1 aromatic rings. The van der Waals surface area contributed by atoms with Crippen LogP contribution in [0.4, 0.5) is 0 Å². The van der Waals surface area contributed by atoms with Crippen LogP contribution in [0.1, 0.15) is 26.1 Å². The lowest BCUT2D eigenvalue weighted by Crippen LogP contribution is -2.41. The molecule has 0 saturated carbocycles. The molecule has 2 heterocycles. The lowest BCUT2D eigenvalue weighted by Gasteiger charge is -2.19. The summed E-state index contributed by atoms with van der Waals surface area (Å²) in [6.07, 6.45) is 1.81. The lowest BCUT2D eigenvalue weighted by molar-refractivity contribution is -0.140. The summed E-state index contributed by atoms with van der Waals surface area (Å²) in [5.41, 5.74) is 0. The van der Waals surface area contributed by atoms with E-state index in [9.17, 15) is 9.59 Å². The van der Waals surface area contributed by atoms with Crippen molar-refractivity contribution in [2.45, 2.75) is 38.9 Å². The van der Waals surface area contributed by atoms with Crippen molar-refractivity contribution in [2.75, 3.05) is 0 Å². The highest BCUT2D eigenvalue weighted by molar-refractivity contribution is 6.05. The van der Waals surface area contributed by atoms with E-state index < -0.39 is 6.04 Å². The lowest BCUT2D eigenvalue weighted by atomic mass is 10.2. The predicted molar refractivity (Wildman–Crippen MR) is 63.2 cm³/mol. The monoisotopic (exact) mass is 251 g/mol. The van der Waals surface area contributed by atoms with Gasteiger partial charge < -0.3 is 4.57 Å². The van der Waals surface area contributed by atoms with Gasteiger partial charge in [-0.1, -0.05) is 0 Å². The third kappa shape index (κ3) is 2.26. The number of carbonyl (C=O) groups is 2. The van der Waals surface area contributed by atoms with E-state index in [0.29, 0.717) is 6.54 Å². The number of imide groups is 1. The van der Waals surface area contributed by atoms with Crippen LogP contribution < -0.4 is 5.32 Å². The van der Waals surface area contributed by atoms with Gasteiger partial charge in [-0.05, 0) is 13.8 Å². The highest BCUT2D eigenvalue weighted by Gasteiger charge is 2.39. The highest BCUT2D eigenvalue weighted by Crippen LogP contribution is 2.16. The number of carbonyl (C=O) groups excluding carboxylic acids is 2. The molecule has 0 radical (unpaired) electrons. The molecule has 0 aliphatic carbocycles. The molecule has 0 bridgehead atoms. The van der Waals surface area contributed by atoms with E-state index in [0.717, 1.165) is 5.82 Å². The normalized spacial score (nSPS) is 20.2. The molecule has 2 amide bonds. The molecule has 7 heteroatoms. The van der Waals surface area contributed by atoms with Gasteiger partial charge in [-0.15, -0.1) is 10.2 Å². The van der Waals surface area contributed by atoms with Crippen molar-refractivity contribution in [3.05, 3.63) is 12.2 Å². The quantitative estimate of drug-likeness (QED) is 0.726. The van der Waals surface area contributed by atoms with E-state index in [1.165, 1.54) is 4.90 Å². The number of nitrogens with one attached hydrogen (secondary N) is 1. The number of amides is 2. The van der Waals surface area contributed by atoms with Crippen LogP contribution in [-0.4, -0.2) is 43.6 Å². The Labute approximate surface area is 105 Å². The first-order valence-corrected chi connectivity index (χ1v) is 5.93. The molecule has 2 rings (SSSR count). The van der Waals surface area contributed by atoms with Crippen molar-refractivity contribution in [1.29, 1.82) is 0 Å². The maximum absolute atomic E-state index is 12.0. The van der Waals surface area contributed by atoms with E-state index >= 15 is 0 Å². The average molecular weight is 251 g/mol. The zero-order valence-corrected chi connectivity index (χ0v) is 10.8. The molecule has 1 aromatic heterocycles. The Hall–Kier alpha value is -1.76. The summed E-state index contributed by atoms with van der Waals surface area (Å²) < 4.78 is 1.77. The molecule has 7 nitrogen and oxygen atoms in total. The van der Waals surface area contributed by atoms with Crippen molar-refractivity contribution >= 4 is 11.8 Å². The van der Waals surface area contributed by atoms with Gasteiger partial charge >= 0.3 is 0 Å². The SMILES string of the molecule is CC(C)N1C(=O)CC(NCc2nncn2C)C1=O. The Balaban J connectivity index is 1.98. The first-order chi connectivity index (χ1) is 8.50. The van der Waals surface area contributed by atoms with Crippen LogP contribution in [0, 0.1) is 0 Å². The van der Waals surface area contributed by atoms with Crippen molar-refractivity contribution in [3.63, 3.8) is 0 Å². The van der Waals surface area contributed by atoms with E-state index in [-0.39, 0.29) is 24.3 Å². The van der Waals surface area contributed by atoms with Gasteiger partial charge in [0, 0.05) is 13.1 Å². The molecule has 1 N–H and O–H groups in total. The van der Waals surface area contributed by atoms with Crippen molar-refractivity contribution in [3.8, 4) is 0 Å². The van der Waals surface area contributed by atoms with E-state index in [1.807, 2.05) is 20.9 Å². The van der Waals surface area contributed by atoms with Crippen LogP contribution in [0.5, 0.6) is 0 Å². The van der Waals surface area contributed by atoms with Gasteiger partial charge in [-0.3, -0.25) is 19.8 Å². The topological polar surface area (TPSA) is 80.1 Å². The summed E-state index contributed by atoms with van der Waals surface area (Å²) in [4.78, 5) is 25.0. The molecule has 1 aliphatic heterocycles. The van der Waals surface area contributed by atoms with Gasteiger partial charge in [0.15, 0.2) is 0 Å². The molecular formula is C11H17N5O2. The molecule has 18 heavy (non-hydrogen) atoms. The summed E-state index contributed by atoms with van der Waals surface area (Å²) >= 11 is 0. The summed E-state index contributed by atoms with van der Waals surface area (Å²) in [5, 5.41) is 10.7. The fraction of sp³-hybridized carbons (Fsp3) is 0.636. The average Bonchev–Trinajstić information content (AvgIpc) is 2.80. The molecule has 0 spiro atoms. The van der Waals surface area contributed by atoms with Crippen molar-refractivity contribution in [2.24, 2.45) is 7.05 Å². The van der Waals surface area contributed by atoms with Gasteiger partial charge in [-0.25, -0.2) is 0 Å². The first-order valence-electron chi connectivity index (χ1n) is 5.93. The second kappa shape index (κ2) is 4.85. The molecular weight excluding hydrogens is 234 g/mol. The Kier molecular flexibility index (Phi) is 3.42. The van der Waals surface area contributed by atoms with Crippen molar-refractivity contribution in [1.82, 2.24) is 25.0 Å². The van der Waals surface area contributed by atoms with Crippen LogP contribution in [0.2, 0.25) is 0 Å². The largest absolute Gasteiger partial charge is 0.320 e. The number of aryl methyl sites for hydroxylation is 1. The number of hydrogen-bond acceptors (Lipinski definition) is 5. The zero-order valence-electron chi connectivity index (χ0n) is 10.8. The fourth-order valence-corrected chi connectivity index (χ4v) is 2.03. The van der Waals surface area contributed by atoms with Crippen LogP contribution in [0.15, 0.2) is 6.33 Å². The number of nitrogens with zero attached hydrogens (tertiary/aromatic N) is 4. The summed E-state index contributed by atoms with van der Waals surface area (Å²) in [7, 11) is 1.83. The second-order valence-corrected chi connectivity index (χ2v) is 4.69. The van der Waals surface area contributed by atoms with Crippen LogP contribution in [0.3, 0.4) is 0 Å². The van der Waals surface area contributed by atoms with Gasteiger partial charge in [0.2, 0.25) is 11.8 Å². The molecule has 1 atom stereocenters. The standard InChI is InChI=1S/C11H17N5O2/c1-7(2)16-10(17)4-8(11(16)18)12-5-9-14-13-6-15(9)3/h6-8,12H,4-5H2,1-3H3. The van der Waals surface area contributed by atoms with Crippen LogP contribution in [-0.2, 0) is 23.2 Å². The molecule has 1 unspecified atom stereocenters. The minimum atomic E-state index is -0.448. The third-order valence-corrected chi connectivity index (χ3v) is 3.01. The van der Waals surface area contributed by atoms with Crippen LogP contribution >= 0.6 is 0 Å². The summed E-state index contributed by atoms with van der Waals surface area (Å²) in [6.45, 7) is 4.09. The Morgan fingerprint density at radius 1 is 1.50 bits per heavy atom. The van der Waals surface area contributed by atoms with Gasteiger partial charge in [0.1, 0.15) is 12.2 Å². The third-order valence-electron chi connectivity index (χ3n) is 3.01. The van der Waals surface area contributed by atoms with Gasteiger partial charge in [-0.2, -0.15) is 0 Å². The van der Waals surface area contributed by atoms with E-state index in [1.54, 1.807) is 10.9 Å². The molecule has 98 valence electrons. The Morgan fingerprint density at radius 2 is 2.22 bits per heavy atom. The first kappa shape index (κ1) is 12.7. The minimum absolute atomic E-state index is 0.0911. The fourth-order valence-electron chi connectivity index (χ4n) is 2.03. The molecule has 1 aliphatic rings. The maximum atomic E-state index is 12.0. The number of rotatable bonds is 4. The van der Waals surface area contributed by atoms with Gasteiger partial charge in [0.05, 0.1) is 19.0 Å². The molecule has 1 fully saturated rings. The van der Waals surface area contributed by atoms with Gasteiger partial charge in [0.25, 0.3) is 0 Å². The highest BCUT2D eigenvalue weighted by atomic mass is 16.2. The minimum Gasteiger partial charge on any atom is -0.320 e. The van der Waals surface area contributed by atoms with E-state index in [4.69, 9.17) is 0 Å². The van der Waals surface area contributed by atoms with Crippen molar-refractivity contribution < 1.29 is 9.59 Å². The summed E-state index contributed by atoms with van der Waals surface area (Å²) in [5.74, 6) is 0.459. The van der Waals surface area contributed by atoms with E-state index in [2.05, 4.69) is 15.5 Å². The number of hydrogen-bond donors (Lipinski definition) is 1. The maximum Gasteiger partial charge on any atom is 0.247 e. The second-order valence-electron chi connectivity index (χ2n) is 4.69. The molecule has 0 aromatic carbocycles. The molecule has 1 saturated heterocycles.